The fraction of sp³-hybridized carbons (Fsp3) is 0.0667. The molecule has 0 aliphatic carbocycles. The molecular formula is C15H13N3. The molecule has 2 heterocycles. The third kappa shape index (κ3) is 1.70. The molecular weight excluding hydrogens is 222 g/mol. The highest BCUT2D eigenvalue weighted by Crippen LogP contribution is 2.30. The summed E-state index contributed by atoms with van der Waals surface area (Å²) in [5.41, 5.74) is 9.72. The predicted octanol–water partition coefficient (Wildman–Crippen LogP) is 3.19. The third-order valence-electron chi connectivity index (χ3n) is 2.99. The summed E-state index contributed by atoms with van der Waals surface area (Å²) in [6, 6.07) is 10.0. The lowest BCUT2D eigenvalue weighted by Gasteiger charge is -2.08. The van der Waals surface area contributed by atoms with Crippen molar-refractivity contribution < 1.29 is 0 Å². The summed E-state index contributed by atoms with van der Waals surface area (Å²) in [6.45, 7) is 1.99. The number of anilines is 1. The van der Waals surface area contributed by atoms with Gasteiger partial charge in [-0.2, -0.15) is 0 Å². The molecule has 0 aliphatic heterocycles. The number of fused-ring (bicyclic) bond motifs is 1. The Morgan fingerprint density at radius 3 is 2.83 bits per heavy atom. The molecule has 0 radical (unpaired) electrons. The summed E-state index contributed by atoms with van der Waals surface area (Å²) < 4.78 is 0. The molecule has 0 saturated carbocycles. The van der Waals surface area contributed by atoms with E-state index in [1.807, 2.05) is 49.6 Å². The van der Waals surface area contributed by atoms with Crippen LogP contribution >= 0.6 is 0 Å². The molecule has 0 amide bonds. The van der Waals surface area contributed by atoms with Crippen molar-refractivity contribution in [2.45, 2.75) is 6.92 Å². The largest absolute Gasteiger partial charge is 0.397 e. The third-order valence-corrected chi connectivity index (χ3v) is 2.99. The molecule has 88 valence electrons. The van der Waals surface area contributed by atoms with E-state index in [2.05, 4.69) is 9.97 Å². The van der Waals surface area contributed by atoms with E-state index < -0.39 is 0 Å². The Balaban J connectivity index is 2.31. The number of nitrogens with zero attached hydrogens (tertiary/aromatic N) is 2. The van der Waals surface area contributed by atoms with Gasteiger partial charge in [0.25, 0.3) is 0 Å². The Labute approximate surface area is 105 Å². The van der Waals surface area contributed by atoms with Gasteiger partial charge in [-0.3, -0.25) is 9.97 Å². The molecule has 0 unspecified atom stereocenters. The Hall–Kier alpha value is -2.42. The molecule has 0 bridgehead atoms. The minimum Gasteiger partial charge on any atom is -0.397 e. The van der Waals surface area contributed by atoms with Gasteiger partial charge in [0, 0.05) is 29.5 Å². The molecule has 3 aromatic rings. The van der Waals surface area contributed by atoms with Crippen LogP contribution in [0.15, 0.2) is 48.9 Å². The van der Waals surface area contributed by atoms with Crippen LogP contribution in [0.3, 0.4) is 0 Å². The second-order valence-corrected chi connectivity index (χ2v) is 4.35. The van der Waals surface area contributed by atoms with E-state index in [4.69, 9.17) is 5.73 Å². The smallest absolute Gasteiger partial charge is 0.0937 e. The number of aryl methyl sites for hydroxylation is 1. The fourth-order valence-electron chi connectivity index (χ4n) is 2.15. The number of pyridine rings is 2. The number of hydrogen-bond acceptors (Lipinski definition) is 3. The topological polar surface area (TPSA) is 51.8 Å². The number of hydrogen-bond donors (Lipinski definition) is 1. The van der Waals surface area contributed by atoms with Crippen LogP contribution in [0.5, 0.6) is 0 Å². The van der Waals surface area contributed by atoms with Crippen LogP contribution in [0.25, 0.3) is 22.0 Å². The predicted molar refractivity (Wildman–Crippen MR) is 74.1 cm³/mol. The first-order chi connectivity index (χ1) is 8.75. The number of aromatic nitrogens is 2. The lowest BCUT2D eigenvalue weighted by atomic mass is 10.0. The summed E-state index contributed by atoms with van der Waals surface area (Å²) >= 11 is 0. The van der Waals surface area contributed by atoms with Gasteiger partial charge in [-0.05, 0) is 30.0 Å². The number of nitrogens with two attached hydrogens (primary N) is 1. The lowest BCUT2D eigenvalue weighted by molar-refractivity contribution is 1.28. The Bertz CT molecular complexity index is 715. The molecule has 0 saturated heterocycles. The zero-order valence-electron chi connectivity index (χ0n) is 10.1. The van der Waals surface area contributed by atoms with Crippen molar-refractivity contribution in [1.82, 2.24) is 9.97 Å². The maximum absolute atomic E-state index is 6.07. The monoisotopic (exact) mass is 235 g/mol. The van der Waals surface area contributed by atoms with E-state index in [0.29, 0.717) is 5.69 Å². The molecule has 0 spiro atoms. The molecule has 2 N–H and O–H groups in total. The van der Waals surface area contributed by atoms with Gasteiger partial charge in [0.1, 0.15) is 0 Å². The minimum atomic E-state index is 0.708. The molecule has 0 atom stereocenters. The van der Waals surface area contributed by atoms with Crippen molar-refractivity contribution in [2.24, 2.45) is 0 Å². The van der Waals surface area contributed by atoms with Gasteiger partial charge < -0.3 is 5.73 Å². The first kappa shape index (κ1) is 10.7. The van der Waals surface area contributed by atoms with Crippen molar-refractivity contribution in [3.05, 3.63) is 54.5 Å². The molecule has 3 rings (SSSR count). The second kappa shape index (κ2) is 4.11. The average molecular weight is 235 g/mol. The molecule has 2 aromatic heterocycles. The minimum absolute atomic E-state index is 0.708. The van der Waals surface area contributed by atoms with Crippen LogP contribution in [-0.4, -0.2) is 9.97 Å². The van der Waals surface area contributed by atoms with Crippen LogP contribution in [0, 0.1) is 6.92 Å². The van der Waals surface area contributed by atoms with Crippen molar-refractivity contribution in [2.75, 3.05) is 5.73 Å². The van der Waals surface area contributed by atoms with Crippen molar-refractivity contribution in [1.29, 1.82) is 0 Å². The van der Waals surface area contributed by atoms with Crippen LogP contribution in [-0.2, 0) is 0 Å². The first-order valence-electron chi connectivity index (χ1n) is 5.81. The summed E-state index contributed by atoms with van der Waals surface area (Å²) in [4.78, 5) is 8.59. The van der Waals surface area contributed by atoms with Crippen molar-refractivity contribution >= 4 is 16.5 Å². The summed E-state index contributed by atoms with van der Waals surface area (Å²) in [5.74, 6) is 0. The Morgan fingerprint density at radius 2 is 2.00 bits per heavy atom. The molecule has 3 heteroatoms. The average Bonchev–Trinajstić information content (AvgIpc) is 2.38. The Morgan fingerprint density at radius 1 is 1.11 bits per heavy atom. The van der Waals surface area contributed by atoms with Crippen LogP contribution in [0.1, 0.15) is 5.56 Å². The molecule has 18 heavy (non-hydrogen) atoms. The quantitative estimate of drug-likeness (QED) is 0.704. The van der Waals surface area contributed by atoms with Crippen molar-refractivity contribution in [3.8, 4) is 11.3 Å². The van der Waals surface area contributed by atoms with Gasteiger partial charge >= 0.3 is 0 Å². The van der Waals surface area contributed by atoms with Crippen molar-refractivity contribution in [3.63, 3.8) is 0 Å². The summed E-state index contributed by atoms with van der Waals surface area (Å²) in [7, 11) is 0. The van der Waals surface area contributed by atoms with Gasteiger partial charge in [0.15, 0.2) is 0 Å². The molecule has 3 nitrogen and oxygen atoms in total. The molecule has 0 aliphatic rings. The second-order valence-electron chi connectivity index (χ2n) is 4.35. The number of benzene rings is 1. The standard InChI is InChI=1S/C15H13N3/c1-10-7-14(16)15(18-8-10)13-4-2-3-11-9-17-6-5-12(11)13/h2-9H,16H2,1H3. The summed E-state index contributed by atoms with van der Waals surface area (Å²) in [5, 5.41) is 2.22. The molecule has 0 fully saturated rings. The van der Waals surface area contributed by atoms with Crippen LogP contribution < -0.4 is 5.73 Å². The van der Waals surface area contributed by atoms with E-state index in [0.717, 1.165) is 27.6 Å². The molecule has 1 aromatic carbocycles. The van der Waals surface area contributed by atoms with Gasteiger partial charge in [-0.15, -0.1) is 0 Å². The zero-order chi connectivity index (χ0) is 12.5. The van der Waals surface area contributed by atoms with Gasteiger partial charge in [0.05, 0.1) is 11.4 Å². The highest BCUT2D eigenvalue weighted by atomic mass is 14.7. The zero-order valence-corrected chi connectivity index (χ0v) is 10.1. The van der Waals surface area contributed by atoms with E-state index in [-0.39, 0.29) is 0 Å². The van der Waals surface area contributed by atoms with E-state index in [1.165, 1.54) is 0 Å². The van der Waals surface area contributed by atoms with Gasteiger partial charge in [0.2, 0.25) is 0 Å². The number of nitrogen functional groups attached to an aromatic ring is 1. The van der Waals surface area contributed by atoms with Gasteiger partial charge in [-0.25, -0.2) is 0 Å². The summed E-state index contributed by atoms with van der Waals surface area (Å²) in [6.07, 6.45) is 5.48. The van der Waals surface area contributed by atoms with E-state index >= 15 is 0 Å². The highest BCUT2D eigenvalue weighted by molar-refractivity contribution is 5.97. The normalized spacial score (nSPS) is 10.7. The maximum atomic E-state index is 6.07. The Kier molecular flexibility index (Phi) is 2.45. The van der Waals surface area contributed by atoms with Crippen LogP contribution in [0.4, 0.5) is 5.69 Å². The fourth-order valence-corrected chi connectivity index (χ4v) is 2.15. The highest BCUT2D eigenvalue weighted by Gasteiger charge is 2.08. The van der Waals surface area contributed by atoms with Gasteiger partial charge in [-0.1, -0.05) is 18.2 Å². The van der Waals surface area contributed by atoms with E-state index in [1.54, 1.807) is 6.20 Å². The SMILES string of the molecule is Cc1cnc(-c2cccc3cnccc23)c(N)c1. The van der Waals surface area contributed by atoms with Crippen LogP contribution in [0.2, 0.25) is 0 Å². The lowest BCUT2D eigenvalue weighted by Crippen LogP contribution is -1.95. The van der Waals surface area contributed by atoms with E-state index in [9.17, 15) is 0 Å². The first-order valence-corrected chi connectivity index (χ1v) is 5.81. The maximum Gasteiger partial charge on any atom is 0.0937 e. The number of rotatable bonds is 1.